The molecule has 5 nitrogen and oxygen atoms in total. The summed E-state index contributed by atoms with van der Waals surface area (Å²) in [5.74, 6) is -1.88. The molecule has 17 heavy (non-hydrogen) atoms. The summed E-state index contributed by atoms with van der Waals surface area (Å²) in [6.07, 6.45) is 0.734. The zero-order chi connectivity index (χ0) is 12.4. The highest BCUT2D eigenvalue weighted by Crippen LogP contribution is 2.17. The van der Waals surface area contributed by atoms with Crippen LogP contribution in [0.4, 0.5) is 4.39 Å². The van der Waals surface area contributed by atoms with E-state index in [1.807, 2.05) is 0 Å². The predicted molar refractivity (Wildman–Crippen MR) is 56.5 cm³/mol. The van der Waals surface area contributed by atoms with Gasteiger partial charge in [0, 0.05) is 11.6 Å². The summed E-state index contributed by atoms with van der Waals surface area (Å²) in [6, 6.07) is 5.88. The van der Waals surface area contributed by atoms with E-state index in [4.69, 9.17) is 5.11 Å². The molecule has 0 fully saturated rings. The quantitative estimate of drug-likeness (QED) is 0.843. The van der Waals surface area contributed by atoms with Crippen molar-refractivity contribution in [1.82, 2.24) is 9.78 Å². The van der Waals surface area contributed by atoms with Gasteiger partial charge in [0.2, 0.25) is 5.95 Å². The number of halogens is 1. The molecule has 0 radical (unpaired) electrons. The number of hydrogen-bond acceptors (Lipinski definition) is 3. The molecule has 0 saturated heterocycles. The van der Waals surface area contributed by atoms with Crippen LogP contribution in [0.5, 0.6) is 5.75 Å². The van der Waals surface area contributed by atoms with Gasteiger partial charge < -0.3 is 10.2 Å². The second-order valence-corrected chi connectivity index (χ2v) is 3.46. The van der Waals surface area contributed by atoms with Crippen LogP contribution >= 0.6 is 0 Å². The monoisotopic (exact) mass is 236 g/mol. The molecule has 0 aliphatic carbocycles. The van der Waals surface area contributed by atoms with E-state index in [0.29, 0.717) is 5.69 Å². The first kappa shape index (κ1) is 11.1. The first-order chi connectivity index (χ1) is 8.08. The third-order valence-electron chi connectivity index (χ3n) is 2.20. The normalized spacial score (nSPS) is 10.4. The van der Waals surface area contributed by atoms with Crippen molar-refractivity contribution in [3.8, 4) is 11.4 Å². The molecule has 0 bridgehead atoms. The molecular formula is C11H9FN2O3. The van der Waals surface area contributed by atoms with Gasteiger partial charge in [-0.2, -0.15) is 9.49 Å². The summed E-state index contributed by atoms with van der Waals surface area (Å²) in [4.78, 5) is 10.5. The summed E-state index contributed by atoms with van der Waals surface area (Å²) in [7, 11) is 0. The first-order valence-electron chi connectivity index (χ1n) is 4.81. The largest absolute Gasteiger partial charge is 0.508 e. The summed E-state index contributed by atoms with van der Waals surface area (Å²) >= 11 is 0. The molecule has 0 aliphatic rings. The minimum Gasteiger partial charge on any atom is -0.508 e. The van der Waals surface area contributed by atoms with Crippen molar-refractivity contribution in [3.63, 3.8) is 0 Å². The Hall–Kier alpha value is -2.37. The van der Waals surface area contributed by atoms with Gasteiger partial charge in [0.1, 0.15) is 5.75 Å². The predicted octanol–water partition coefficient (Wildman–Crippen LogP) is 1.34. The van der Waals surface area contributed by atoms with Gasteiger partial charge >= 0.3 is 5.97 Å². The molecule has 1 heterocycles. The number of phenols is 1. The highest BCUT2D eigenvalue weighted by Gasteiger charge is 2.14. The number of phenolic OH excluding ortho intramolecular Hbond substituents is 1. The molecule has 1 aromatic heterocycles. The molecule has 0 amide bonds. The summed E-state index contributed by atoms with van der Waals surface area (Å²) in [5, 5.41) is 21.6. The average Bonchev–Trinajstić information content (AvgIpc) is 2.60. The Morgan fingerprint density at radius 2 is 2.24 bits per heavy atom. The van der Waals surface area contributed by atoms with Crippen LogP contribution in [-0.2, 0) is 11.2 Å². The molecule has 0 atom stereocenters. The Bertz CT molecular complexity index is 566. The fourth-order valence-electron chi connectivity index (χ4n) is 1.45. The van der Waals surface area contributed by atoms with E-state index >= 15 is 0 Å². The molecule has 0 aliphatic heterocycles. The molecule has 2 rings (SSSR count). The number of aliphatic carboxylic acids is 1. The van der Waals surface area contributed by atoms with Crippen LogP contribution < -0.4 is 0 Å². The molecule has 6 heteroatoms. The number of carboxylic acid groups (broad SMARTS) is 1. The maximum absolute atomic E-state index is 13.8. The lowest BCUT2D eigenvalue weighted by Crippen LogP contribution is -2.04. The topological polar surface area (TPSA) is 75.3 Å². The van der Waals surface area contributed by atoms with Gasteiger partial charge in [-0.1, -0.05) is 6.07 Å². The van der Waals surface area contributed by atoms with Crippen molar-refractivity contribution in [3.05, 3.63) is 42.0 Å². The Labute approximate surface area is 95.7 Å². The van der Waals surface area contributed by atoms with Crippen molar-refractivity contribution in [2.45, 2.75) is 6.42 Å². The second kappa shape index (κ2) is 4.25. The number of benzene rings is 1. The number of carbonyl (C=O) groups is 1. The van der Waals surface area contributed by atoms with Gasteiger partial charge in [-0.25, -0.2) is 4.68 Å². The van der Waals surface area contributed by atoms with Gasteiger partial charge in [0.25, 0.3) is 0 Å². The molecule has 2 aromatic rings. The lowest BCUT2D eigenvalue weighted by molar-refractivity contribution is -0.136. The molecule has 0 unspecified atom stereocenters. The number of aromatic hydroxyl groups is 1. The Morgan fingerprint density at radius 1 is 1.47 bits per heavy atom. The van der Waals surface area contributed by atoms with Gasteiger partial charge in [0.15, 0.2) is 0 Å². The van der Waals surface area contributed by atoms with E-state index in [2.05, 4.69) is 5.10 Å². The zero-order valence-electron chi connectivity index (χ0n) is 8.67. The maximum Gasteiger partial charge on any atom is 0.308 e. The lowest BCUT2D eigenvalue weighted by atomic mass is 10.2. The van der Waals surface area contributed by atoms with E-state index in [-0.39, 0.29) is 11.3 Å². The smallest absolute Gasteiger partial charge is 0.308 e. The van der Waals surface area contributed by atoms with E-state index < -0.39 is 18.3 Å². The number of hydrogen-bond donors (Lipinski definition) is 2. The molecule has 1 aromatic carbocycles. The standard InChI is InChI=1S/C11H9FN2O3/c12-11-7(4-10(16)17)6-13-14(11)8-2-1-3-9(15)5-8/h1-3,5-6,15H,4H2,(H,16,17). The van der Waals surface area contributed by atoms with Crippen LogP contribution in [0.1, 0.15) is 5.56 Å². The number of aromatic nitrogens is 2. The van der Waals surface area contributed by atoms with Gasteiger partial charge in [-0.05, 0) is 12.1 Å². The summed E-state index contributed by atoms with van der Waals surface area (Å²) < 4.78 is 14.7. The van der Waals surface area contributed by atoms with Crippen molar-refractivity contribution in [2.75, 3.05) is 0 Å². The lowest BCUT2D eigenvalue weighted by Gasteiger charge is -2.02. The molecule has 0 saturated carbocycles. The minimum absolute atomic E-state index is 0.000780. The third kappa shape index (κ3) is 2.25. The average molecular weight is 236 g/mol. The van der Waals surface area contributed by atoms with Crippen LogP contribution in [-0.4, -0.2) is 26.0 Å². The number of nitrogens with zero attached hydrogens (tertiary/aromatic N) is 2. The molecule has 88 valence electrons. The van der Waals surface area contributed by atoms with Crippen molar-refractivity contribution >= 4 is 5.97 Å². The van der Waals surface area contributed by atoms with Crippen molar-refractivity contribution in [1.29, 1.82) is 0 Å². The van der Waals surface area contributed by atoms with Gasteiger partial charge in [0.05, 0.1) is 18.3 Å². The highest BCUT2D eigenvalue weighted by atomic mass is 19.1. The van der Waals surface area contributed by atoms with E-state index in [1.54, 1.807) is 12.1 Å². The third-order valence-corrected chi connectivity index (χ3v) is 2.20. The van der Waals surface area contributed by atoms with Gasteiger partial charge in [-0.3, -0.25) is 4.79 Å². The van der Waals surface area contributed by atoms with E-state index in [1.165, 1.54) is 12.1 Å². The highest BCUT2D eigenvalue weighted by molar-refractivity contribution is 5.70. The van der Waals surface area contributed by atoms with Crippen LogP contribution in [0.25, 0.3) is 5.69 Å². The molecular weight excluding hydrogens is 227 g/mol. The number of rotatable bonds is 3. The first-order valence-corrected chi connectivity index (χ1v) is 4.81. The summed E-state index contributed by atoms with van der Waals surface area (Å²) in [5.41, 5.74) is 0.333. The Kier molecular flexibility index (Phi) is 2.78. The second-order valence-electron chi connectivity index (χ2n) is 3.46. The molecule has 0 spiro atoms. The van der Waals surface area contributed by atoms with E-state index in [0.717, 1.165) is 10.9 Å². The van der Waals surface area contributed by atoms with Gasteiger partial charge in [-0.15, -0.1) is 0 Å². The fourth-order valence-corrected chi connectivity index (χ4v) is 1.45. The minimum atomic E-state index is -1.13. The number of carboxylic acids is 1. The Balaban J connectivity index is 2.40. The van der Waals surface area contributed by atoms with Crippen molar-refractivity contribution < 1.29 is 19.4 Å². The van der Waals surface area contributed by atoms with Crippen LogP contribution in [0.2, 0.25) is 0 Å². The van der Waals surface area contributed by atoms with E-state index in [9.17, 15) is 14.3 Å². The van der Waals surface area contributed by atoms with Crippen LogP contribution in [0, 0.1) is 5.95 Å². The maximum atomic E-state index is 13.8. The van der Waals surface area contributed by atoms with Crippen molar-refractivity contribution in [2.24, 2.45) is 0 Å². The fraction of sp³-hybridized carbons (Fsp3) is 0.0909. The Morgan fingerprint density at radius 3 is 2.88 bits per heavy atom. The zero-order valence-corrected chi connectivity index (χ0v) is 8.67. The molecule has 2 N–H and O–H groups in total. The van der Waals surface area contributed by atoms with Crippen LogP contribution in [0.15, 0.2) is 30.5 Å². The van der Waals surface area contributed by atoms with Crippen LogP contribution in [0.3, 0.4) is 0 Å². The SMILES string of the molecule is O=C(O)Cc1cnn(-c2cccc(O)c2)c1F. The summed E-state index contributed by atoms with van der Waals surface area (Å²) in [6.45, 7) is 0.